The lowest BCUT2D eigenvalue weighted by Crippen LogP contribution is -2.58. The van der Waals surface area contributed by atoms with E-state index in [0.29, 0.717) is 60.8 Å². The molecule has 1 saturated carbocycles. The number of aryl methyl sites for hydroxylation is 1. The number of phenolic OH excluding ortho intramolecular Hbond substituents is 1. The molecule has 348 valence electrons. The zero-order chi connectivity index (χ0) is 47.1. The van der Waals surface area contributed by atoms with Crippen molar-refractivity contribution < 1.29 is 24.6 Å². The predicted molar refractivity (Wildman–Crippen MR) is 255 cm³/mol. The first-order valence-electron chi connectivity index (χ1n) is 23.0. The number of pyridine rings is 1. The summed E-state index contributed by atoms with van der Waals surface area (Å²) < 4.78 is 0. The first-order chi connectivity index (χ1) is 32.1. The third-order valence-corrected chi connectivity index (χ3v) is 14.7. The van der Waals surface area contributed by atoms with E-state index in [-0.39, 0.29) is 59.9 Å². The number of rotatable bonds is 10. The summed E-state index contributed by atoms with van der Waals surface area (Å²) in [6, 6.07) is 14.6. The summed E-state index contributed by atoms with van der Waals surface area (Å²) in [5.41, 5.74) is 7.81. The Morgan fingerprint density at radius 1 is 0.925 bits per heavy atom. The smallest absolute Gasteiger partial charge is 0.254 e. The van der Waals surface area contributed by atoms with Crippen molar-refractivity contribution in [1.29, 1.82) is 0 Å². The molecule has 5 N–H and O–H groups in total. The standard InChI is InChI=1S/C50H56N10O6S/c1-27(29-10-14-31(15-11-29)42-28(2)53-26-67-42)54-47(65)40-20-34(61)24-60(40)48(66)43(50(3,4)5)55-45(63)32-16-12-30(13-17-32)33-22-51-49(52-23-33)59-19-18-35-37-21-39(36-8-6-7-9-41(36)62)57-58-44(37)56-46(64)38(35)25-59/h6-11,14-15,21-23,26-27,30,32,34,40,43,61-62H,12-13,16-20,24-25H2,1-5H3,(H,54,65)(H,55,63)(H,56,58,64)/t27-,30-,32+,34+,40-,43+/m0/s1. The van der Waals surface area contributed by atoms with Crippen molar-refractivity contribution in [2.75, 3.05) is 18.0 Å². The average molecular weight is 925 g/mol. The van der Waals surface area contributed by atoms with E-state index in [1.165, 1.54) is 4.90 Å². The normalized spacial score (nSPS) is 20.6. The van der Waals surface area contributed by atoms with Gasteiger partial charge in [-0.05, 0) is 97.7 Å². The largest absolute Gasteiger partial charge is 0.507 e. The summed E-state index contributed by atoms with van der Waals surface area (Å²) in [5.74, 6) is -0.452. The number of hydrogen-bond acceptors (Lipinski definition) is 13. The zero-order valence-corrected chi connectivity index (χ0v) is 39.1. The number of nitrogens with zero attached hydrogens (tertiary/aromatic N) is 7. The fourth-order valence-electron chi connectivity index (χ4n) is 9.83. The van der Waals surface area contributed by atoms with Crippen LogP contribution < -0.4 is 21.1 Å². The van der Waals surface area contributed by atoms with Gasteiger partial charge >= 0.3 is 0 Å². The van der Waals surface area contributed by atoms with Gasteiger partial charge in [-0.3, -0.25) is 19.2 Å². The molecular formula is C50H56N10O6S. The van der Waals surface area contributed by atoms with Crippen LogP contribution in [0.5, 0.6) is 5.75 Å². The highest BCUT2D eigenvalue weighted by Crippen LogP contribution is 2.37. The van der Waals surface area contributed by atoms with Crippen molar-refractivity contribution in [3.05, 3.63) is 111 Å². The number of likely N-dealkylation sites (tertiary alicyclic amines) is 1. The lowest BCUT2D eigenvalue weighted by molar-refractivity contribution is -0.144. The number of benzene rings is 2. The van der Waals surface area contributed by atoms with Crippen LogP contribution in [0.15, 0.2) is 77.3 Å². The Labute approximate surface area is 392 Å². The van der Waals surface area contributed by atoms with Gasteiger partial charge in [0.2, 0.25) is 23.7 Å². The Bertz CT molecular complexity index is 2870. The van der Waals surface area contributed by atoms with Crippen LogP contribution in [0.4, 0.5) is 5.95 Å². The van der Waals surface area contributed by atoms with E-state index in [4.69, 9.17) is 9.97 Å². The van der Waals surface area contributed by atoms with E-state index in [2.05, 4.69) is 30.8 Å². The highest BCUT2D eigenvalue weighted by molar-refractivity contribution is 7.13. The molecule has 2 fully saturated rings. The predicted octanol–water partition coefficient (Wildman–Crippen LogP) is 6.12. The number of carbonyl (C=O) groups excluding carboxylic acids is 3. The molecule has 3 aliphatic rings. The van der Waals surface area contributed by atoms with Gasteiger partial charge in [0.15, 0.2) is 5.65 Å². The van der Waals surface area contributed by atoms with Gasteiger partial charge in [0.05, 0.1) is 40.5 Å². The summed E-state index contributed by atoms with van der Waals surface area (Å²) in [6.45, 7) is 10.5. The number of aliphatic hydroxyl groups excluding tert-OH is 1. The van der Waals surface area contributed by atoms with Crippen LogP contribution >= 0.6 is 11.3 Å². The number of aromatic nitrogens is 6. The van der Waals surface area contributed by atoms with E-state index >= 15 is 0 Å². The van der Waals surface area contributed by atoms with Gasteiger partial charge in [-0.2, -0.15) is 0 Å². The van der Waals surface area contributed by atoms with Crippen LogP contribution in [0.25, 0.3) is 32.7 Å². The maximum atomic E-state index is 14.4. The second-order valence-corrected chi connectivity index (χ2v) is 20.1. The monoisotopic (exact) mass is 924 g/mol. The van der Waals surface area contributed by atoms with Crippen LogP contribution in [0, 0.1) is 18.3 Å². The van der Waals surface area contributed by atoms with Gasteiger partial charge in [0, 0.05) is 54.3 Å². The highest BCUT2D eigenvalue weighted by Gasteiger charge is 2.45. The molecule has 0 unspecified atom stereocenters. The third-order valence-electron chi connectivity index (χ3n) is 13.7. The summed E-state index contributed by atoms with van der Waals surface area (Å²) in [7, 11) is 0. The number of para-hydroxylation sites is 1. The molecule has 0 radical (unpaired) electrons. The molecule has 4 aromatic heterocycles. The van der Waals surface area contributed by atoms with E-state index < -0.39 is 23.6 Å². The van der Waals surface area contributed by atoms with Crippen molar-refractivity contribution in [3.63, 3.8) is 0 Å². The topological polar surface area (TPSA) is 220 Å². The quantitative estimate of drug-likeness (QED) is 0.105. The minimum atomic E-state index is -0.912. The fraction of sp³-hybridized carbons (Fsp3) is 0.420. The Hall–Kier alpha value is -6.59. The van der Waals surface area contributed by atoms with Gasteiger partial charge in [0.1, 0.15) is 17.8 Å². The second-order valence-electron chi connectivity index (χ2n) is 19.3. The molecule has 0 spiro atoms. The van der Waals surface area contributed by atoms with Crippen LogP contribution in [0.2, 0.25) is 0 Å². The molecule has 9 rings (SSSR count). The van der Waals surface area contributed by atoms with Crippen molar-refractivity contribution in [1.82, 2.24) is 45.7 Å². The van der Waals surface area contributed by atoms with Crippen LogP contribution in [-0.2, 0) is 27.3 Å². The molecule has 17 heteroatoms. The molecule has 6 aromatic rings. The lowest BCUT2D eigenvalue weighted by Gasteiger charge is -2.37. The number of thiazole rings is 1. The number of carbonyl (C=O) groups is 3. The lowest BCUT2D eigenvalue weighted by atomic mass is 9.78. The number of aliphatic hydroxyl groups is 1. The summed E-state index contributed by atoms with van der Waals surface area (Å²) in [5, 5.41) is 36.6. The molecule has 4 atom stereocenters. The molecule has 1 aliphatic carbocycles. The number of hydrogen-bond donors (Lipinski definition) is 5. The maximum absolute atomic E-state index is 14.4. The molecule has 6 heterocycles. The highest BCUT2D eigenvalue weighted by atomic mass is 32.1. The molecule has 2 aliphatic heterocycles. The SMILES string of the molecule is Cc1ncsc1-c1ccc([C@H](C)NC(=O)[C@@H]2C[C@@H](O)CN2C(=O)[C@@H](NC(=O)[C@H]2CC[C@@H](c3cnc(N4CCc5c(c(=O)[nH]c6nnc(-c7ccccc7O)cc56)C4)nc3)CC2)C(C)(C)C)cc1. The van der Waals surface area contributed by atoms with Crippen molar-refractivity contribution in [2.45, 2.75) is 110 Å². The second kappa shape index (κ2) is 18.6. The Kier molecular flexibility index (Phi) is 12.6. The van der Waals surface area contributed by atoms with Gasteiger partial charge < -0.3 is 35.6 Å². The minimum Gasteiger partial charge on any atom is -0.507 e. The van der Waals surface area contributed by atoms with Crippen molar-refractivity contribution in [2.24, 2.45) is 11.3 Å². The van der Waals surface area contributed by atoms with Crippen molar-refractivity contribution in [3.8, 4) is 27.4 Å². The maximum Gasteiger partial charge on any atom is 0.254 e. The van der Waals surface area contributed by atoms with E-state index in [0.717, 1.165) is 51.1 Å². The number of H-pyrrole nitrogens is 1. The summed E-state index contributed by atoms with van der Waals surface area (Å²) in [6.07, 6.45) is 6.22. The van der Waals surface area contributed by atoms with Crippen LogP contribution in [-0.4, -0.2) is 94.2 Å². The molecule has 2 aromatic carbocycles. The number of nitrogens with one attached hydrogen (secondary N) is 3. The molecule has 3 amide bonds. The number of amides is 3. The number of β-amino-alcohol motifs (C(OH)–C–C–N with tert-alkyl or cyclic N) is 1. The minimum absolute atomic E-state index is 0.00147. The number of anilines is 1. The van der Waals surface area contributed by atoms with E-state index in [1.807, 2.05) is 93.8 Å². The van der Waals surface area contributed by atoms with Gasteiger partial charge in [0.25, 0.3) is 5.56 Å². The van der Waals surface area contributed by atoms with Crippen LogP contribution in [0.1, 0.15) is 99.7 Å². The average Bonchev–Trinajstić information content (AvgIpc) is 3.95. The fourth-order valence-corrected chi connectivity index (χ4v) is 10.6. The van der Waals surface area contributed by atoms with E-state index in [1.54, 1.807) is 29.5 Å². The first kappa shape index (κ1) is 45.6. The zero-order valence-electron chi connectivity index (χ0n) is 38.3. The summed E-state index contributed by atoms with van der Waals surface area (Å²) >= 11 is 1.58. The Balaban J connectivity index is 0.802. The number of aromatic hydroxyl groups is 1. The van der Waals surface area contributed by atoms with Gasteiger partial charge in [-0.25, -0.2) is 15.0 Å². The molecule has 16 nitrogen and oxygen atoms in total. The van der Waals surface area contributed by atoms with Crippen LogP contribution in [0.3, 0.4) is 0 Å². The molecule has 67 heavy (non-hydrogen) atoms. The molecule has 1 saturated heterocycles. The number of fused-ring (bicyclic) bond motifs is 3. The summed E-state index contributed by atoms with van der Waals surface area (Å²) in [4.78, 5) is 76.5. The Morgan fingerprint density at radius 2 is 1.66 bits per heavy atom. The number of aromatic amines is 1. The third kappa shape index (κ3) is 9.39. The molecule has 0 bridgehead atoms. The molecular weight excluding hydrogens is 869 g/mol. The Morgan fingerprint density at radius 3 is 2.34 bits per heavy atom. The van der Waals surface area contributed by atoms with Gasteiger partial charge in [-0.15, -0.1) is 21.5 Å². The van der Waals surface area contributed by atoms with Crippen molar-refractivity contribution >= 4 is 46.0 Å². The first-order valence-corrected chi connectivity index (χ1v) is 23.9. The number of phenols is 1. The van der Waals surface area contributed by atoms with E-state index in [9.17, 15) is 29.4 Å². The van der Waals surface area contributed by atoms with Gasteiger partial charge in [-0.1, -0.05) is 57.2 Å².